The Morgan fingerprint density at radius 1 is 1.41 bits per heavy atom. The molecule has 3 nitrogen and oxygen atoms in total. The average Bonchev–Trinajstić information content (AvgIpc) is 2.30. The van der Waals surface area contributed by atoms with Crippen molar-refractivity contribution in [2.45, 2.75) is 13.0 Å². The molecule has 0 saturated carbocycles. The molecule has 0 aromatic heterocycles. The Labute approximate surface area is 106 Å². The first kappa shape index (κ1) is 14.0. The molecule has 0 aliphatic rings. The minimum absolute atomic E-state index is 0.181. The molecule has 1 aromatic carbocycles. The molecule has 0 spiro atoms. The highest BCUT2D eigenvalue weighted by molar-refractivity contribution is 7.80. The SMILES string of the molecule is COCCCOCc1ccc(F)cc1C(N)=S. The molecule has 0 atom stereocenters. The lowest BCUT2D eigenvalue weighted by atomic mass is 10.1. The summed E-state index contributed by atoms with van der Waals surface area (Å²) in [5, 5.41) is 0. The largest absolute Gasteiger partial charge is 0.389 e. The van der Waals surface area contributed by atoms with Crippen LogP contribution >= 0.6 is 12.2 Å². The molecule has 1 rings (SSSR count). The van der Waals surface area contributed by atoms with E-state index in [9.17, 15) is 4.39 Å². The van der Waals surface area contributed by atoms with Gasteiger partial charge in [0.15, 0.2) is 0 Å². The molecule has 0 radical (unpaired) electrons. The van der Waals surface area contributed by atoms with Crippen molar-refractivity contribution in [3.63, 3.8) is 0 Å². The quantitative estimate of drug-likeness (QED) is 0.599. The summed E-state index contributed by atoms with van der Waals surface area (Å²) in [4.78, 5) is 0.181. The number of thiocarbonyl (C=S) groups is 1. The predicted molar refractivity (Wildman–Crippen MR) is 68.4 cm³/mol. The monoisotopic (exact) mass is 257 g/mol. The first-order chi connectivity index (χ1) is 8.15. The minimum atomic E-state index is -0.351. The molecule has 2 N–H and O–H groups in total. The highest BCUT2D eigenvalue weighted by Crippen LogP contribution is 2.12. The van der Waals surface area contributed by atoms with E-state index in [0.717, 1.165) is 12.0 Å². The lowest BCUT2D eigenvalue weighted by Gasteiger charge is -2.09. The fourth-order valence-corrected chi connectivity index (χ4v) is 1.58. The maximum atomic E-state index is 13.0. The fourth-order valence-electron chi connectivity index (χ4n) is 1.39. The summed E-state index contributed by atoms with van der Waals surface area (Å²) < 4.78 is 23.4. The van der Waals surface area contributed by atoms with Gasteiger partial charge in [0.25, 0.3) is 0 Å². The molecule has 17 heavy (non-hydrogen) atoms. The third-order valence-electron chi connectivity index (χ3n) is 2.23. The average molecular weight is 257 g/mol. The number of methoxy groups -OCH3 is 1. The van der Waals surface area contributed by atoms with Crippen LogP contribution in [0.15, 0.2) is 18.2 Å². The first-order valence-corrected chi connectivity index (χ1v) is 5.71. The van der Waals surface area contributed by atoms with E-state index in [-0.39, 0.29) is 10.8 Å². The second-order valence-electron chi connectivity index (χ2n) is 3.56. The molecule has 0 amide bonds. The highest BCUT2D eigenvalue weighted by Gasteiger charge is 2.06. The van der Waals surface area contributed by atoms with Crippen molar-refractivity contribution in [3.05, 3.63) is 35.1 Å². The number of hydrogen-bond donors (Lipinski definition) is 1. The van der Waals surface area contributed by atoms with Gasteiger partial charge in [0.1, 0.15) is 10.8 Å². The van der Waals surface area contributed by atoms with Gasteiger partial charge in [-0.2, -0.15) is 0 Å². The summed E-state index contributed by atoms with van der Waals surface area (Å²) in [7, 11) is 1.64. The van der Waals surface area contributed by atoms with E-state index in [0.29, 0.717) is 25.4 Å². The van der Waals surface area contributed by atoms with E-state index < -0.39 is 0 Å². The lowest BCUT2D eigenvalue weighted by Crippen LogP contribution is -2.13. The molecule has 1 aromatic rings. The number of rotatable bonds is 7. The van der Waals surface area contributed by atoms with Crippen LogP contribution in [0.2, 0.25) is 0 Å². The minimum Gasteiger partial charge on any atom is -0.389 e. The third-order valence-corrected chi connectivity index (χ3v) is 2.45. The molecule has 94 valence electrons. The Morgan fingerprint density at radius 3 is 2.82 bits per heavy atom. The van der Waals surface area contributed by atoms with Crippen LogP contribution in [0.4, 0.5) is 4.39 Å². The van der Waals surface area contributed by atoms with Crippen LogP contribution in [0.5, 0.6) is 0 Å². The molecule has 0 fully saturated rings. The number of benzene rings is 1. The zero-order valence-corrected chi connectivity index (χ0v) is 10.6. The van der Waals surface area contributed by atoms with Crippen LogP contribution in [0.3, 0.4) is 0 Å². The van der Waals surface area contributed by atoms with Crippen LogP contribution in [0, 0.1) is 5.82 Å². The van der Waals surface area contributed by atoms with Crippen LogP contribution in [0.25, 0.3) is 0 Å². The van der Waals surface area contributed by atoms with E-state index in [2.05, 4.69) is 0 Å². The van der Waals surface area contributed by atoms with Crippen LogP contribution < -0.4 is 5.73 Å². The van der Waals surface area contributed by atoms with Gasteiger partial charge in [0.2, 0.25) is 0 Å². The summed E-state index contributed by atoms with van der Waals surface area (Å²) in [6.45, 7) is 1.62. The number of nitrogens with two attached hydrogens (primary N) is 1. The van der Waals surface area contributed by atoms with Crippen molar-refractivity contribution in [1.29, 1.82) is 0 Å². The molecule has 0 aliphatic heterocycles. The van der Waals surface area contributed by atoms with Gasteiger partial charge in [-0.25, -0.2) is 4.39 Å². The molecule has 0 heterocycles. The molecule has 5 heteroatoms. The summed E-state index contributed by atoms with van der Waals surface area (Å²) in [6.07, 6.45) is 0.820. The van der Waals surface area contributed by atoms with Gasteiger partial charge >= 0.3 is 0 Å². The number of ether oxygens (including phenoxy) is 2. The van der Waals surface area contributed by atoms with Crippen LogP contribution in [-0.2, 0) is 16.1 Å². The lowest BCUT2D eigenvalue weighted by molar-refractivity contribution is 0.0928. The Kier molecular flexibility index (Phi) is 6.04. The maximum absolute atomic E-state index is 13.0. The zero-order chi connectivity index (χ0) is 12.7. The Balaban J connectivity index is 2.55. The van der Waals surface area contributed by atoms with Crippen molar-refractivity contribution < 1.29 is 13.9 Å². The van der Waals surface area contributed by atoms with Crippen molar-refractivity contribution in [3.8, 4) is 0 Å². The van der Waals surface area contributed by atoms with Crippen LogP contribution in [-0.4, -0.2) is 25.3 Å². The maximum Gasteiger partial charge on any atom is 0.123 e. The van der Waals surface area contributed by atoms with Gasteiger partial charge in [0, 0.05) is 25.9 Å². The Morgan fingerprint density at radius 2 is 2.18 bits per heavy atom. The topological polar surface area (TPSA) is 44.5 Å². The molecule has 0 aliphatic carbocycles. The molecular formula is C12H16FNO2S. The van der Waals surface area contributed by atoms with E-state index in [1.807, 2.05) is 0 Å². The highest BCUT2D eigenvalue weighted by atomic mass is 32.1. The van der Waals surface area contributed by atoms with Crippen molar-refractivity contribution in [1.82, 2.24) is 0 Å². The summed E-state index contributed by atoms with van der Waals surface area (Å²) in [5.74, 6) is -0.351. The molecular weight excluding hydrogens is 241 g/mol. The van der Waals surface area contributed by atoms with E-state index in [4.69, 9.17) is 27.4 Å². The first-order valence-electron chi connectivity index (χ1n) is 5.30. The molecule has 0 unspecified atom stereocenters. The van der Waals surface area contributed by atoms with Gasteiger partial charge in [-0.05, 0) is 24.1 Å². The van der Waals surface area contributed by atoms with Crippen molar-refractivity contribution in [2.75, 3.05) is 20.3 Å². The Bertz CT molecular complexity index is 385. The van der Waals surface area contributed by atoms with Gasteiger partial charge in [-0.3, -0.25) is 0 Å². The smallest absolute Gasteiger partial charge is 0.123 e. The normalized spacial score (nSPS) is 10.5. The van der Waals surface area contributed by atoms with Crippen molar-refractivity contribution >= 4 is 17.2 Å². The number of hydrogen-bond acceptors (Lipinski definition) is 3. The Hall–Kier alpha value is -1.04. The van der Waals surface area contributed by atoms with Crippen LogP contribution in [0.1, 0.15) is 17.5 Å². The fraction of sp³-hybridized carbons (Fsp3) is 0.417. The van der Waals surface area contributed by atoms with Gasteiger partial charge in [-0.15, -0.1) is 0 Å². The summed E-state index contributed by atoms with van der Waals surface area (Å²) >= 11 is 4.87. The van der Waals surface area contributed by atoms with Gasteiger partial charge in [0.05, 0.1) is 6.61 Å². The van der Waals surface area contributed by atoms with Gasteiger partial charge in [-0.1, -0.05) is 18.3 Å². The third kappa shape index (κ3) is 4.77. The zero-order valence-electron chi connectivity index (χ0n) is 9.74. The molecule has 0 bridgehead atoms. The second-order valence-corrected chi connectivity index (χ2v) is 4.00. The van der Waals surface area contributed by atoms with E-state index in [1.54, 1.807) is 13.2 Å². The summed E-state index contributed by atoms with van der Waals surface area (Å²) in [6, 6.07) is 4.34. The van der Waals surface area contributed by atoms with Crippen molar-refractivity contribution in [2.24, 2.45) is 5.73 Å². The van der Waals surface area contributed by atoms with E-state index in [1.165, 1.54) is 12.1 Å². The molecule has 0 saturated heterocycles. The number of halogens is 1. The second kappa shape index (κ2) is 7.32. The van der Waals surface area contributed by atoms with Gasteiger partial charge < -0.3 is 15.2 Å². The summed E-state index contributed by atoms with van der Waals surface area (Å²) in [5.41, 5.74) is 6.86. The van der Waals surface area contributed by atoms with E-state index >= 15 is 0 Å². The standard InChI is InChI=1S/C12H16FNO2S/c1-15-5-2-6-16-8-9-3-4-10(13)7-11(9)12(14)17/h3-4,7H,2,5-6,8H2,1H3,(H2,14,17). The predicted octanol–water partition coefficient (Wildman–Crippen LogP) is 2.01.